The third kappa shape index (κ3) is 2.95. The van der Waals surface area contributed by atoms with Gasteiger partial charge in [0.25, 0.3) is 5.91 Å². The van der Waals surface area contributed by atoms with Crippen molar-refractivity contribution in [1.29, 1.82) is 0 Å². The van der Waals surface area contributed by atoms with Crippen molar-refractivity contribution >= 4 is 22.7 Å². The zero-order valence-corrected chi connectivity index (χ0v) is 14.0. The van der Waals surface area contributed by atoms with Crippen LogP contribution in [0.25, 0.3) is 11.0 Å². The molecule has 1 aliphatic rings. The van der Waals surface area contributed by atoms with Crippen LogP contribution in [-0.2, 0) is 6.42 Å². The number of aryl methyl sites for hydroxylation is 1. The number of benzene rings is 2. The van der Waals surface area contributed by atoms with Gasteiger partial charge in [-0.25, -0.2) is 0 Å². The molecule has 0 radical (unpaired) electrons. The van der Waals surface area contributed by atoms with E-state index in [0.29, 0.717) is 11.3 Å². The third-order valence-electron chi connectivity index (χ3n) is 4.82. The van der Waals surface area contributed by atoms with E-state index in [4.69, 9.17) is 4.42 Å². The topological polar surface area (TPSA) is 59.3 Å². The molecule has 1 amide bonds. The summed E-state index contributed by atoms with van der Waals surface area (Å²) >= 11 is 0. The maximum atomic E-state index is 12.6. The normalized spacial score (nSPS) is 16.4. The number of carbonyl (C=O) groups is 2. The van der Waals surface area contributed by atoms with E-state index in [2.05, 4.69) is 5.32 Å². The lowest BCUT2D eigenvalue weighted by molar-refractivity contribution is 0.0906. The summed E-state index contributed by atoms with van der Waals surface area (Å²) in [5.74, 6) is 0.189. The fraction of sp³-hybridized carbons (Fsp3) is 0.238. The van der Waals surface area contributed by atoms with Crippen molar-refractivity contribution in [3.05, 3.63) is 71.0 Å². The minimum atomic E-state index is -0.204. The molecule has 1 heterocycles. The predicted octanol–water partition coefficient (Wildman–Crippen LogP) is 4.44. The molecule has 1 aromatic heterocycles. The predicted molar refractivity (Wildman–Crippen MR) is 95.8 cm³/mol. The molecule has 0 aliphatic heterocycles. The number of rotatable bonds is 3. The molecule has 1 atom stereocenters. The second-order valence-corrected chi connectivity index (χ2v) is 6.54. The summed E-state index contributed by atoms with van der Waals surface area (Å²) in [6.45, 7) is 1.57. The molecule has 0 saturated carbocycles. The minimum Gasteiger partial charge on any atom is -0.451 e. The molecule has 0 bridgehead atoms. The van der Waals surface area contributed by atoms with Gasteiger partial charge in [-0.05, 0) is 55.5 Å². The lowest BCUT2D eigenvalue weighted by atomic mass is 9.86. The highest BCUT2D eigenvalue weighted by atomic mass is 16.3. The summed E-state index contributed by atoms with van der Waals surface area (Å²) in [5.41, 5.74) is 3.68. The van der Waals surface area contributed by atoms with Crippen LogP contribution in [0.3, 0.4) is 0 Å². The van der Waals surface area contributed by atoms with Gasteiger partial charge in [0.05, 0.1) is 6.04 Å². The van der Waals surface area contributed by atoms with Gasteiger partial charge in [-0.1, -0.05) is 30.3 Å². The van der Waals surface area contributed by atoms with Crippen LogP contribution in [0.4, 0.5) is 0 Å². The summed E-state index contributed by atoms with van der Waals surface area (Å²) in [4.78, 5) is 24.2. The first-order valence-corrected chi connectivity index (χ1v) is 8.55. The van der Waals surface area contributed by atoms with Gasteiger partial charge in [-0.3, -0.25) is 9.59 Å². The number of fused-ring (bicyclic) bond motifs is 2. The Morgan fingerprint density at radius 3 is 2.76 bits per heavy atom. The van der Waals surface area contributed by atoms with Crippen LogP contribution in [0.2, 0.25) is 0 Å². The highest BCUT2D eigenvalue weighted by molar-refractivity contribution is 5.96. The molecule has 0 saturated heterocycles. The number of hydrogen-bond donors (Lipinski definition) is 1. The summed E-state index contributed by atoms with van der Waals surface area (Å²) in [5, 5.41) is 4.00. The number of amides is 1. The van der Waals surface area contributed by atoms with Gasteiger partial charge in [0, 0.05) is 10.9 Å². The van der Waals surface area contributed by atoms with Crippen LogP contribution < -0.4 is 5.32 Å². The first-order valence-electron chi connectivity index (χ1n) is 8.55. The molecular weight excluding hydrogens is 314 g/mol. The third-order valence-corrected chi connectivity index (χ3v) is 4.82. The van der Waals surface area contributed by atoms with Crippen LogP contribution in [0.5, 0.6) is 0 Å². The second-order valence-electron chi connectivity index (χ2n) is 6.54. The fourth-order valence-corrected chi connectivity index (χ4v) is 3.51. The van der Waals surface area contributed by atoms with Crippen molar-refractivity contribution in [1.82, 2.24) is 5.32 Å². The number of para-hydroxylation sites is 1. The molecule has 4 heteroatoms. The van der Waals surface area contributed by atoms with E-state index in [1.54, 1.807) is 13.0 Å². The van der Waals surface area contributed by atoms with Crippen LogP contribution in [0.1, 0.15) is 57.8 Å². The molecule has 0 spiro atoms. The van der Waals surface area contributed by atoms with E-state index in [1.807, 2.05) is 42.5 Å². The SMILES string of the molecule is CC(=O)c1ccc2c(c1)CCCC2NC(=O)c1cc2ccccc2o1. The monoisotopic (exact) mass is 333 g/mol. The van der Waals surface area contributed by atoms with E-state index in [9.17, 15) is 9.59 Å². The van der Waals surface area contributed by atoms with Gasteiger partial charge in [-0.15, -0.1) is 0 Å². The highest BCUT2D eigenvalue weighted by Gasteiger charge is 2.24. The van der Waals surface area contributed by atoms with Crippen LogP contribution in [-0.4, -0.2) is 11.7 Å². The van der Waals surface area contributed by atoms with Gasteiger partial charge >= 0.3 is 0 Å². The molecule has 1 unspecified atom stereocenters. The second kappa shape index (κ2) is 6.20. The molecule has 0 fully saturated rings. The number of hydrogen-bond acceptors (Lipinski definition) is 3. The highest BCUT2D eigenvalue weighted by Crippen LogP contribution is 2.31. The molecule has 4 nitrogen and oxygen atoms in total. The molecule has 4 rings (SSSR count). The Hall–Kier alpha value is -2.88. The van der Waals surface area contributed by atoms with E-state index in [-0.39, 0.29) is 17.7 Å². The fourth-order valence-electron chi connectivity index (χ4n) is 3.51. The van der Waals surface area contributed by atoms with Crippen molar-refractivity contribution in [2.75, 3.05) is 0 Å². The van der Waals surface area contributed by atoms with E-state index < -0.39 is 0 Å². The molecule has 1 aliphatic carbocycles. The number of Topliss-reactive ketones (excluding diaryl/α,β-unsaturated/α-hetero) is 1. The summed E-state index contributed by atoms with van der Waals surface area (Å²) in [6, 6.07) is 15.1. The van der Waals surface area contributed by atoms with Crippen molar-refractivity contribution < 1.29 is 14.0 Å². The standard InChI is InChI=1S/C21H19NO3/c1-13(23)14-9-10-17-15(11-14)6-4-7-18(17)22-21(24)20-12-16-5-2-3-8-19(16)25-20/h2-3,5,8-12,18H,4,6-7H2,1H3,(H,22,24). The van der Waals surface area contributed by atoms with Gasteiger partial charge in [-0.2, -0.15) is 0 Å². The Morgan fingerprint density at radius 2 is 1.96 bits per heavy atom. The minimum absolute atomic E-state index is 0.0505. The zero-order chi connectivity index (χ0) is 17.4. The quantitative estimate of drug-likeness (QED) is 0.721. The lowest BCUT2D eigenvalue weighted by Gasteiger charge is -2.26. The van der Waals surface area contributed by atoms with Crippen molar-refractivity contribution in [3.63, 3.8) is 0 Å². The summed E-state index contributed by atoms with van der Waals surface area (Å²) < 4.78 is 5.65. The Balaban J connectivity index is 1.59. The molecule has 25 heavy (non-hydrogen) atoms. The largest absolute Gasteiger partial charge is 0.451 e. The molecular formula is C21H19NO3. The smallest absolute Gasteiger partial charge is 0.287 e. The van der Waals surface area contributed by atoms with E-state index >= 15 is 0 Å². The lowest BCUT2D eigenvalue weighted by Crippen LogP contribution is -2.30. The Bertz CT molecular complexity index is 937. The maximum Gasteiger partial charge on any atom is 0.287 e. The maximum absolute atomic E-state index is 12.6. The summed E-state index contributed by atoms with van der Waals surface area (Å²) in [6.07, 6.45) is 2.81. The average molecular weight is 333 g/mol. The molecule has 2 aromatic carbocycles. The van der Waals surface area contributed by atoms with Gasteiger partial charge in [0.1, 0.15) is 5.58 Å². The van der Waals surface area contributed by atoms with Crippen LogP contribution in [0.15, 0.2) is 52.9 Å². The Morgan fingerprint density at radius 1 is 1.12 bits per heavy atom. The zero-order valence-electron chi connectivity index (χ0n) is 14.0. The van der Waals surface area contributed by atoms with Crippen molar-refractivity contribution in [2.45, 2.75) is 32.2 Å². The number of nitrogens with one attached hydrogen (secondary N) is 1. The summed E-state index contributed by atoms with van der Waals surface area (Å²) in [7, 11) is 0. The van der Waals surface area contributed by atoms with Gasteiger partial charge < -0.3 is 9.73 Å². The van der Waals surface area contributed by atoms with Gasteiger partial charge in [0.15, 0.2) is 11.5 Å². The van der Waals surface area contributed by atoms with Crippen molar-refractivity contribution in [2.24, 2.45) is 0 Å². The average Bonchev–Trinajstić information content (AvgIpc) is 3.06. The first-order chi connectivity index (χ1) is 12.1. The Kier molecular flexibility index (Phi) is 3.88. The Labute approximate surface area is 145 Å². The number of carbonyl (C=O) groups excluding carboxylic acids is 2. The van der Waals surface area contributed by atoms with Gasteiger partial charge in [0.2, 0.25) is 0 Å². The van der Waals surface area contributed by atoms with Crippen LogP contribution >= 0.6 is 0 Å². The van der Waals surface area contributed by atoms with E-state index in [1.165, 1.54) is 0 Å². The molecule has 126 valence electrons. The number of ketones is 1. The number of furan rings is 1. The molecule has 3 aromatic rings. The first kappa shape index (κ1) is 15.6. The van der Waals surface area contributed by atoms with Crippen molar-refractivity contribution in [3.8, 4) is 0 Å². The van der Waals surface area contributed by atoms with Crippen LogP contribution in [0, 0.1) is 0 Å². The molecule has 1 N–H and O–H groups in total. The van der Waals surface area contributed by atoms with E-state index in [0.717, 1.165) is 41.3 Å².